The van der Waals surface area contributed by atoms with Gasteiger partial charge in [0, 0.05) is 36.7 Å². The van der Waals surface area contributed by atoms with Crippen molar-refractivity contribution in [1.82, 2.24) is 10.3 Å². The first-order chi connectivity index (χ1) is 21.4. The Kier molecular flexibility index (Phi) is 7.57. The number of nitrogens with one attached hydrogen (secondary N) is 1. The number of furan rings is 1. The van der Waals surface area contributed by atoms with Gasteiger partial charge in [-0.2, -0.15) is 0 Å². The average molecular weight is 628 g/mol. The molecule has 0 unspecified atom stereocenters. The summed E-state index contributed by atoms with van der Waals surface area (Å²) in [5.74, 6) is 0.238. The first kappa shape index (κ1) is 29.9. The number of sulfonamides is 1. The van der Waals surface area contributed by atoms with Crippen LogP contribution in [0.2, 0.25) is 0 Å². The lowest BCUT2D eigenvalue weighted by Crippen LogP contribution is -2.25. The Hall–Kier alpha value is -5.16. The molecule has 0 saturated heterocycles. The number of rotatable bonds is 8. The number of ether oxygens (including phenoxy) is 1. The van der Waals surface area contributed by atoms with Gasteiger partial charge in [-0.15, -0.1) is 0 Å². The zero-order valence-corrected chi connectivity index (χ0v) is 26.0. The van der Waals surface area contributed by atoms with E-state index in [-0.39, 0.29) is 23.0 Å². The molecule has 230 valence electrons. The molecular weight excluding hydrogens is 597 g/mol. The smallest absolute Gasteiger partial charge is 0.255 e. The van der Waals surface area contributed by atoms with E-state index in [2.05, 4.69) is 10.3 Å². The highest BCUT2D eigenvalue weighted by Crippen LogP contribution is 2.43. The number of benzene rings is 4. The van der Waals surface area contributed by atoms with Crippen LogP contribution < -0.4 is 14.4 Å². The molecule has 0 bridgehead atoms. The van der Waals surface area contributed by atoms with E-state index in [1.54, 1.807) is 18.2 Å². The molecular formula is C34H30FN3O6S. The summed E-state index contributed by atoms with van der Waals surface area (Å²) in [6.07, 6.45) is 0.958. The molecule has 2 heterocycles. The molecule has 4 aromatic carbocycles. The number of oxazole rings is 1. The third kappa shape index (κ3) is 5.62. The quantitative estimate of drug-likeness (QED) is 0.189. The molecule has 0 aliphatic heterocycles. The topological polar surface area (TPSA) is 115 Å². The fraction of sp³-hybridized carbons (Fsp3) is 0.176. The van der Waals surface area contributed by atoms with E-state index in [0.29, 0.717) is 56.1 Å². The largest absolute Gasteiger partial charge is 0.490 e. The van der Waals surface area contributed by atoms with Crippen molar-refractivity contribution in [3.8, 4) is 39.7 Å². The minimum atomic E-state index is -3.72. The molecule has 0 aliphatic rings. The van der Waals surface area contributed by atoms with Crippen LogP contribution in [0.15, 0.2) is 87.7 Å². The monoisotopic (exact) mass is 627 g/mol. The van der Waals surface area contributed by atoms with Gasteiger partial charge in [0.25, 0.3) is 5.91 Å². The minimum Gasteiger partial charge on any atom is -0.490 e. The Bertz CT molecular complexity index is 2150. The second-order valence-electron chi connectivity index (χ2n) is 10.9. The van der Waals surface area contributed by atoms with Gasteiger partial charge in [-0.25, -0.2) is 17.8 Å². The van der Waals surface area contributed by atoms with E-state index in [4.69, 9.17) is 13.6 Å². The van der Waals surface area contributed by atoms with Crippen LogP contribution in [-0.2, 0) is 10.0 Å². The number of para-hydroxylation sites is 2. The van der Waals surface area contributed by atoms with Gasteiger partial charge in [-0.05, 0) is 74.0 Å². The predicted molar refractivity (Wildman–Crippen MR) is 172 cm³/mol. The van der Waals surface area contributed by atoms with Gasteiger partial charge in [0.2, 0.25) is 15.9 Å². The highest BCUT2D eigenvalue weighted by atomic mass is 32.2. The number of carbonyl (C=O) groups is 1. The fourth-order valence-electron chi connectivity index (χ4n) is 5.17. The molecule has 6 rings (SSSR count). The zero-order chi connectivity index (χ0) is 32.0. The molecule has 0 atom stereocenters. The molecule has 0 spiro atoms. The average Bonchev–Trinajstić information content (AvgIpc) is 3.61. The van der Waals surface area contributed by atoms with Crippen LogP contribution in [0.1, 0.15) is 24.2 Å². The van der Waals surface area contributed by atoms with Gasteiger partial charge < -0.3 is 18.9 Å². The summed E-state index contributed by atoms with van der Waals surface area (Å²) < 4.78 is 59.0. The standard InChI is InChI=1S/C34H30FN3O6S/c1-19(2)42-28-15-12-21(16-25(28)34-37-26-8-6-7-9-29(26)44-34)23-17-24-30(18-27(23)38(4)45(5,40)41)43-32(31(24)33(39)36-3)20-10-13-22(35)14-11-20/h6-19H,1-5H3,(H,36,39). The summed E-state index contributed by atoms with van der Waals surface area (Å²) in [6.45, 7) is 3.82. The van der Waals surface area contributed by atoms with Gasteiger partial charge in [0.1, 0.15) is 28.4 Å². The summed E-state index contributed by atoms with van der Waals surface area (Å²) in [5.41, 5.74) is 4.27. The number of hydrogen-bond acceptors (Lipinski definition) is 7. The maximum atomic E-state index is 13.7. The maximum absolute atomic E-state index is 13.7. The lowest BCUT2D eigenvalue weighted by molar-refractivity contribution is 0.0964. The Balaban J connectivity index is 1.64. The van der Waals surface area contributed by atoms with Crippen molar-refractivity contribution in [2.75, 3.05) is 24.7 Å². The van der Waals surface area contributed by atoms with E-state index < -0.39 is 21.7 Å². The van der Waals surface area contributed by atoms with Crippen molar-refractivity contribution >= 4 is 43.7 Å². The fourth-order valence-corrected chi connectivity index (χ4v) is 5.67. The van der Waals surface area contributed by atoms with Crippen LogP contribution in [0.3, 0.4) is 0 Å². The minimum absolute atomic E-state index is 0.145. The van der Waals surface area contributed by atoms with Crippen LogP contribution in [-0.4, -0.2) is 45.8 Å². The van der Waals surface area contributed by atoms with Gasteiger partial charge >= 0.3 is 0 Å². The molecule has 45 heavy (non-hydrogen) atoms. The Morgan fingerprint density at radius 1 is 0.933 bits per heavy atom. The molecule has 0 aliphatic carbocycles. The van der Waals surface area contributed by atoms with E-state index in [1.165, 1.54) is 38.4 Å². The van der Waals surface area contributed by atoms with Crippen LogP contribution >= 0.6 is 0 Å². The molecule has 1 amide bonds. The molecule has 6 aromatic rings. The number of fused-ring (bicyclic) bond motifs is 2. The first-order valence-corrected chi connectivity index (χ1v) is 16.0. The van der Waals surface area contributed by atoms with Gasteiger partial charge in [0.05, 0.1) is 29.2 Å². The maximum Gasteiger partial charge on any atom is 0.255 e. The van der Waals surface area contributed by atoms with E-state index in [9.17, 15) is 17.6 Å². The number of halogens is 1. The molecule has 2 aromatic heterocycles. The summed E-state index contributed by atoms with van der Waals surface area (Å²) in [4.78, 5) is 17.9. The van der Waals surface area contributed by atoms with Crippen LogP contribution in [0, 0.1) is 5.82 Å². The van der Waals surface area contributed by atoms with E-state index in [1.807, 2.05) is 50.2 Å². The van der Waals surface area contributed by atoms with Crippen molar-refractivity contribution in [2.45, 2.75) is 20.0 Å². The van der Waals surface area contributed by atoms with Crippen molar-refractivity contribution in [2.24, 2.45) is 0 Å². The molecule has 0 radical (unpaired) electrons. The zero-order valence-electron chi connectivity index (χ0n) is 25.2. The lowest BCUT2D eigenvalue weighted by Gasteiger charge is -2.21. The third-order valence-corrected chi connectivity index (χ3v) is 8.57. The summed E-state index contributed by atoms with van der Waals surface area (Å²) in [5, 5.41) is 3.10. The van der Waals surface area contributed by atoms with Crippen molar-refractivity contribution in [1.29, 1.82) is 0 Å². The molecule has 9 nitrogen and oxygen atoms in total. The Morgan fingerprint density at radius 3 is 2.31 bits per heavy atom. The molecule has 0 saturated carbocycles. The van der Waals surface area contributed by atoms with Crippen molar-refractivity contribution in [3.63, 3.8) is 0 Å². The van der Waals surface area contributed by atoms with Crippen molar-refractivity contribution < 1.29 is 31.2 Å². The van der Waals surface area contributed by atoms with Gasteiger partial charge in [0.15, 0.2) is 5.58 Å². The van der Waals surface area contributed by atoms with Gasteiger partial charge in [-0.1, -0.05) is 18.2 Å². The summed E-state index contributed by atoms with van der Waals surface area (Å²) >= 11 is 0. The summed E-state index contributed by atoms with van der Waals surface area (Å²) in [6, 6.07) is 21.7. The molecule has 11 heteroatoms. The third-order valence-electron chi connectivity index (χ3n) is 7.38. The van der Waals surface area contributed by atoms with Crippen LogP contribution in [0.4, 0.5) is 10.1 Å². The SMILES string of the molecule is CNC(=O)c1c(-c2ccc(F)cc2)oc2cc(N(C)S(C)(=O)=O)c(-c3ccc(OC(C)C)c(-c4nc5ccccc5o4)c3)cc12. The Morgan fingerprint density at radius 2 is 1.64 bits per heavy atom. The van der Waals surface area contributed by atoms with E-state index in [0.717, 1.165) is 10.6 Å². The molecule has 1 N–H and O–H groups in total. The van der Waals surface area contributed by atoms with Gasteiger partial charge in [-0.3, -0.25) is 9.10 Å². The number of hydrogen-bond donors (Lipinski definition) is 1. The number of aromatic nitrogens is 1. The number of amides is 1. The lowest BCUT2D eigenvalue weighted by atomic mass is 9.97. The number of carbonyl (C=O) groups excluding carboxylic acids is 1. The first-order valence-electron chi connectivity index (χ1n) is 14.1. The highest BCUT2D eigenvalue weighted by Gasteiger charge is 2.27. The second kappa shape index (κ2) is 11.4. The predicted octanol–water partition coefficient (Wildman–Crippen LogP) is 7.26. The van der Waals surface area contributed by atoms with E-state index >= 15 is 0 Å². The highest BCUT2D eigenvalue weighted by molar-refractivity contribution is 7.92. The second-order valence-corrected chi connectivity index (χ2v) is 12.9. The van der Waals surface area contributed by atoms with Crippen LogP contribution in [0.25, 0.3) is 56.0 Å². The normalized spacial score (nSPS) is 11.8. The Labute approximate surface area is 259 Å². The molecule has 0 fully saturated rings. The van der Waals surface area contributed by atoms with Crippen LogP contribution in [0.5, 0.6) is 5.75 Å². The number of nitrogens with zero attached hydrogens (tertiary/aromatic N) is 2. The summed E-state index contributed by atoms with van der Waals surface area (Å²) in [7, 11) is -0.777. The van der Waals surface area contributed by atoms with Crippen molar-refractivity contribution in [3.05, 3.63) is 90.2 Å². The number of anilines is 1.